The lowest BCUT2D eigenvalue weighted by molar-refractivity contribution is -0.143. The second-order valence-electron chi connectivity index (χ2n) is 13.0. The van der Waals surface area contributed by atoms with Crippen LogP contribution in [0.3, 0.4) is 0 Å². The summed E-state index contributed by atoms with van der Waals surface area (Å²) in [5, 5.41) is 28.2. The van der Waals surface area contributed by atoms with E-state index < -0.39 is 48.8 Å². The summed E-state index contributed by atoms with van der Waals surface area (Å²) in [6.07, 6.45) is -3.37. The van der Waals surface area contributed by atoms with Gasteiger partial charge in [0.15, 0.2) is 5.58 Å². The van der Waals surface area contributed by atoms with Crippen LogP contribution in [0.2, 0.25) is 5.02 Å². The molecule has 0 radical (unpaired) electrons. The van der Waals surface area contributed by atoms with E-state index >= 15 is 0 Å². The van der Waals surface area contributed by atoms with Crippen LogP contribution in [-0.4, -0.2) is 101 Å². The monoisotopic (exact) mass is 729 g/mol. The third-order valence-corrected chi connectivity index (χ3v) is 9.46. The number of pyridine rings is 1. The molecule has 0 bridgehead atoms. The SMILES string of the molecule is O=C(N[C@H]1c2ccccc2OC[C@H]1O)[C@H](Cc1ccccc1)C[C@H](O)CN1CCN(Cc2cc3cncc(Cl)c3o2)C[C@H]1C(=O)NCC(F)(F)F. The number of halogens is 4. The first-order valence-electron chi connectivity index (χ1n) is 16.7. The third-order valence-electron chi connectivity index (χ3n) is 9.19. The Morgan fingerprint density at radius 1 is 1.08 bits per heavy atom. The number of hydrogen-bond donors (Lipinski definition) is 4. The Hall–Kier alpha value is -4.21. The van der Waals surface area contributed by atoms with Crippen molar-refractivity contribution in [1.29, 1.82) is 0 Å². The summed E-state index contributed by atoms with van der Waals surface area (Å²) in [4.78, 5) is 34.7. The largest absolute Gasteiger partial charge is 0.490 e. The van der Waals surface area contributed by atoms with Crippen molar-refractivity contribution in [1.82, 2.24) is 25.4 Å². The number of aromatic nitrogens is 1. The van der Waals surface area contributed by atoms with Crippen LogP contribution in [0, 0.1) is 5.92 Å². The van der Waals surface area contributed by atoms with Gasteiger partial charge in [0.1, 0.15) is 41.8 Å². The van der Waals surface area contributed by atoms with E-state index in [1.165, 1.54) is 6.20 Å². The number of hydrogen-bond acceptors (Lipinski definition) is 9. The maximum atomic E-state index is 13.9. The van der Waals surface area contributed by atoms with E-state index in [1.807, 2.05) is 40.5 Å². The highest BCUT2D eigenvalue weighted by Crippen LogP contribution is 2.33. The number of benzene rings is 2. The highest BCUT2D eigenvalue weighted by Gasteiger charge is 2.38. The Labute approximate surface area is 297 Å². The lowest BCUT2D eigenvalue weighted by Gasteiger charge is -2.41. The topological polar surface area (TPSA) is 140 Å². The Balaban J connectivity index is 1.16. The Morgan fingerprint density at radius 3 is 2.61 bits per heavy atom. The average molecular weight is 730 g/mol. The van der Waals surface area contributed by atoms with Gasteiger partial charge in [-0.25, -0.2) is 0 Å². The number of alkyl halides is 3. The molecule has 2 aliphatic rings. The number of aliphatic hydroxyl groups is 2. The summed E-state index contributed by atoms with van der Waals surface area (Å²) in [5.41, 5.74) is 1.96. The zero-order valence-electron chi connectivity index (χ0n) is 27.6. The second-order valence-corrected chi connectivity index (χ2v) is 13.4. The predicted octanol–water partition coefficient (Wildman–Crippen LogP) is 3.87. The summed E-state index contributed by atoms with van der Waals surface area (Å²) in [7, 11) is 0. The van der Waals surface area contributed by atoms with Crippen LogP contribution in [0.4, 0.5) is 13.2 Å². The summed E-state index contributed by atoms with van der Waals surface area (Å²) >= 11 is 6.21. The number of rotatable bonds is 12. The molecule has 5 atom stereocenters. The van der Waals surface area contributed by atoms with Gasteiger partial charge in [0.2, 0.25) is 11.8 Å². The van der Waals surface area contributed by atoms with Gasteiger partial charge in [-0.2, -0.15) is 13.2 Å². The number of nitrogens with zero attached hydrogens (tertiary/aromatic N) is 3. The van der Waals surface area contributed by atoms with E-state index in [2.05, 4.69) is 10.3 Å². The van der Waals surface area contributed by atoms with Crippen LogP contribution in [0.25, 0.3) is 11.0 Å². The van der Waals surface area contributed by atoms with E-state index in [1.54, 1.807) is 41.4 Å². The van der Waals surface area contributed by atoms with Crippen LogP contribution in [-0.2, 0) is 22.6 Å². The molecule has 0 saturated carbocycles. The van der Waals surface area contributed by atoms with Crippen molar-refractivity contribution in [2.24, 2.45) is 5.92 Å². The van der Waals surface area contributed by atoms with Crippen LogP contribution in [0.5, 0.6) is 5.75 Å². The molecule has 51 heavy (non-hydrogen) atoms. The first kappa shape index (κ1) is 36.6. The number of furan rings is 1. The van der Waals surface area contributed by atoms with E-state index in [0.717, 1.165) is 5.56 Å². The number of para-hydroxylation sites is 1. The number of carbonyl (C=O) groups is 2. The van der Waals surface area contributed by atoms with Gasteiger partial charge in [-0.05, 0) is 30.5 Å². The Morgan fingerprint density at radius 2 is 1.84 bits per heavy atom. The van der Waals surface area contributed by atoms with Crippen LogP contribution >= 0.6 is 11.6 Å². The van der Waals surface area contributed by atoms with Crippen molar-refractivity contribution in [3.8, 4) is 5.75 Å². The fourth-order valence-electron chi connectivity index (χ4n) is 6.72. The number of carbonyl (C=O) groups excluding carboxylic acids is 2. The molecule has 4 N–H and O–H groups in total. The molecular weight excluding hydrogens is 691 g/mol. The molecule has 2 aromatic carbocycles. The quantitative estimate of drug-likeness (QED) is 0.171. The molecule has 272 valence electrons. The van der Waals surface area contributed by atoms with Crippen LogP contribution in [0.15, 0.2) is 77.5 Å². The maximum Gasteiger partial charge on any atom is 0.405 e. The average Bonchev–Trinajstić information content (AvgIpc) is 3.52. The van der Waals surface area contributed by atoms with Gasteiger partial charge < -0.3 is 30.0 Å². The molecule has 1 saturated heterocycles. The first-order valence-corrected chi connectivity index (χ1v) is 17.1. The lowest BCUT2D eigenvalue weighted by Crippen LogP contribution is -2.60. The van der Waals surface area contributed by atoms with Crippen molar-refractivity contribution in [3.63, 3.8) is 0 Å². The summed E-state index contributed by atoms with van der Waals surface area (Å²) in [6.45, 7) is -0.546. The van der Waals surface area contributed by atoms with Gasteiger partial charge >= 0.3 is 6.18 Å². The molecular formula is C36H39ClF3N5O6. The zero-order chi connectivity index (χ0) is 36.1. The van der Waals surface area contributed by atoms with E-state index in [0.29, 0.717) is 39.6 Å². The molecule has 2 aromatic heterocycles. The molecule has 4 aromatic rings. The Kier molecular flexibility index (Phi) is 11.5. The Bertz CT molecular complexity index is 1810. The number of ether oxygens (including phenoxy) is 1. The van der Waals surface area contributed by atoms with Gasteiger partial charge in [0.05, 0.1) is 18.7 Å². The van der Waals surface area contributed by atoms with Gasteiger partial charge in [0.25, 0.3) is 0 Å². The van der Waals surface area contributed by atoms with Crippen LogP contribution in [0.1, 0.15) is 29.3 Å². The minimum Gasteiger partial charge on any atom is -0.490 e. The normalized spacial score (nSPS) is 21.0. The van der Waals surface area contributed by atoms with E-state index in [9.17, 15) is 33.0 Å². The first-order chi connectivity index (χ1) is 24.4. The van der Waals surface area contributed by atoms with Gasteiger partial charge in [-0.1, -0.05) is 60.1 Å². The van der Waals surface area contributed by atoms with Crippen molar-refractivity contribution in [3.05, 3.63) is 95.0 Å². The minimum atomic E-state index is -4.60. The zero-order valence-corrected chi connectivity index (χ0v) is 28.3. The predicted molar refractivity (Wildman–Crippen MR) is 182 cm³/mol. The smallest absolute Gasteiger partial charge is 0.405 e. The molecule has 6 rings (SSSR count). The van der Waals surface area contributed by atoms with Gasteiger partial charge in [0, 0.05) is 55.4 Å². The van der Waals surface area contributed by atoms with Crippen molar-refractivity contribution < 1.29 is 42.1 Å². The molecule has 2 amide bonds. The number of fused-ring (bicyclic) bond motifs is 2. The fourth-order valence-corrected chi connectivity index (χ4v) is 6.93. The van der Waals surface area contributed by atoms with E-state index in [-0.39, 0.29) is 51.5 Å². The number of nitrogens with one attached hydrogen (secondary N) is 2. The molecule has 1 fully saturated rings. The highest BCUT2D eigenvalue weighted by molar-refractivity contribution is 6.34. The summed E-state index contributed by atoms with van der Waals surface area (Å²) < 4.78 is 50.8. The third kappa shape index (κ3) is 9.37. The summed E-state index contributed by atoms with van der Waals surface area (Å²) in [6, 6.07) is 16.4. The number of β-amino-alcohol motifs (C(OH)–C–C–N with tert-alkyl or cyclic N) is 1. The molecule has 2 aliphatic heterocycles. The molecule has 0 spiro atoms. The molecule has 0 aliphatic carbocycles. The van der Waals surface area contributed by atoms with Crippen LogP contribution < -0.4 is 15.4 Å². The van der Waals surface area contributed by atoms with E-state index in [4.69, 9.17) is 20.8 Å². The van der Waals surface area contributed by atoms with Crippen molar-refractivity contribution in [2.75, 3.05) is 39.3 Å². The van der Waals surface area contributed by atoms with Gasteiger partial charge in [-0.15, -0.1) is 0 Å². The van der Waals surface area contributed by atoms with Crippen molar-refractivity contribution in [2.45, 2.75) is 49.9 Å². The van der Waals surface area contributed by atoms with Gasteiger partial charge in [-0.3, -0.25) is 24.4 Å². The lowest BCUT2D eigenvalue weighted by atomic mass is 9.90. The standard InChI is InChI=1S/C36H39ClF3N5O6/c37-28-16-41-15-24-14-26(51-33(24)28)18-44-10-11-45(29(19-44)35(49)42-21-36(38,39)40)17-25(46)13-23(12-22-6-2-1-3-7-22)34(48)43-32-27-8-4-5-9-31(27)50-20-30(32)47/h1-9,14-16,23,25,29-30,32,46-47H,10-13,17-21H2,(H,42,49)(H,43,48)/t23-,25+,29+,30-,32+/m1/s1. The fraction of sp³-hybridized carbons (Fsp3) is 0.417. The second kappa shape index (κ2) is 16.0. The number of aliphatic hydroxyl groups excluding tert-OH is 2. The molecule has 11 nitrogen and oxygen atoms in total. The summed E-state index contributed by atoms with van der Waals surface area (Å²) in [5.74, 6) is -0.841. The molecule has 4 heterocycles. The minimum absolute atomic E-state index is 0.000989. The maximum absolute atomic E-state index is 13.9. The highest BCUT2D eigenvalue weighted by atomic mass is 35.5. The molecule has 0 unspecified atom stereocenters. The number of piperazine rings is 1. The van der Waals surface area contributed by atoms with Crippen molar-refractivity contribution >= 4 is 34.4 Å². The molecule has 15 heteroatoms. The number of amides is 2.